The number of Topliss-reactive ketones (excluding diaryl/α,β-unsaturated/α-hetero) is 1. The first kappa shape index (κ1) is 11.5. The number of benzene rings is 1. The van der Waals surface area contributed by atoms with Gasteiger partial charge >= 0.3 is 0 Å². The number of phenols is 1. The fourth-order valence-electron chi connectivity index (χ4n) is 1.20. The largest absolute Gasteiger partial charge is 0.508 e. The molecule has 0 amide bonds. The van der Waals surface area contributed by atoms with Gasteiger partial charge in [0, 0.05) is 12.3 Å². The van der Waals surface area contributed by atoms with E-state index in [0.717, 1.165) is 11.1 Å². The summed E-state index contributed by atoms with van der Waals surface area (Å²) in [6, 6.07) is 5.00. The van der Waals surface area contributed by atoms with E-state index in [1.54, 1.807) is 12.1 Å². The molecule has 0 atom stereocenters. The van der Waals surface area contributed by atoms with Crippen LogP contribution in [0.4, 0.5) is 0 Å². The predicted octanol–water partition coefficient (Wildman–Crippen LogP) is 2.64. The molecule has 0 bridgehead atoms. The molecule has 0 unspecified atom stereocenters. The third-order valence-corrected chi connectivity index (χ3v) is 2.68. The molecule has 0 aliphatic heterocycles. The van der Waals surface area contributed by atoms with Crippen LogP contribution in [0, 0.1) is 0 Å². The minimum atomic E-state index is 0.0797. The topological polar surface area (TPSA) is 37.3 Å². The zero-order valence-corrected chi connectivity index (χ0v) is 9.81. The Hall–Kier alpha value is -0.540. The Morgan fingerprint density at radius 3 is 2.57 bits per heavy atom. The highest BCUT2D eigenvalue weighted by Crippen LogP contribution is 2.18. The van der Waals surface area contributed by atoms with Crippen LogP contribution < -0.4 is 0 Å². The van der Waals surface area contributed by atoms with Gasteiger partial charge in [-0.25, -0.2) is 0 Å². The Kier molecular flexibility index (Phi) is 4.42. The molecule has 0 fully saturated rings. The van der Waals surface area contributed by atoms with Gasteiger partial charge in [0.25, 0.3) is 0 Å². The summed E-state index contributed by atoms with van der Waals surface area (Å²) in [5.41, 5.74) is 1.62. The molecule has 0 heterocycles. The molecule has 1 N–H and O–H groups in total. The molecular formula is C10H10BrClO2. The second kappa shape index (κ2) is 5.37. The second-order valence-electron chi connectivity index (χ2n) is 2.99. The maximum atomic E-state index is 11.1. The van der Waals surface area contributed by atoms with Gasteiger partial charge in [-0.05, 0) is 23.3 Å². The van der Waals surface area contributed by atoms with Crippen molar-refractivity contribution in [2.75, 3.05) is 5.33 Å². The zero-order chi connectivity index (χ0) is 10.6. The summed E-state index contributed by atoms with van der Waals surface area (Å²) in [5.74, 6) is 0.570. The van der Waals surface area contributed by atoms with Crippen molar-refractivity contribution in [3.05, 3.63) is 29.3 Å². The number of alkyl halides is 2. The van der Waals surface area contributed by atoms with Crippen LogP contribution in [0.3, 0.4) is 0 Å². The van der Waals surface area contributed by atoms with Crippen LogP contribution in [0.1, 0.15) is 11.1 Å². The Morgan fingerprint density at radius 2 is 2.00 bits per heavy atom. The molecule has 76 valence electrons. The molecule has 1 rings (SSSR count). The van der Waals surface area contributed by atoms with Crippen LogP contribution in [0.2, 0.25) is 0 Å². The number of rotatable bonds is 4. The zero-order valence-electron chi connectivity index (χ0n) is 7.46. The van der Waals surface area contributed by atoms with Gasteiger partial charge in [0.1, 0.15) is 11.5 Å². The summed E-state index contributed by atoms with van der Waals surface area (Å²) in [5, 5.41) is 9.66. The monoisotopic (exact) mass is 276 g/mol. The third-order valence-electron chi connectivity index (χ3n) is 1.74. The van der Waals surface area contributed by atoms with Crippen molar-refractivity contribution < 1.29 is 9.90 Å². The summed E-state index contributed by atoms with van der Waals surface area (Å²) >= 11 is 8.72. The Morgan fingerprint density at radius 1 is 1.36 bits per heavy atom. The number of hydrogen-bond donors (Lipinski definition) is 1. The van der Waals surface area contributed by atoms with Crippen LogP contribution in [0.15, 0.2) is 18.2 Å². The average molecular weight is 278 g/mol. The molecule has 0 aromatic heterocycles. The number of carbonyl (C=O) groups is 1. The van der Waals surface area contributed by atoms with Crippen molar-refractivity contribution in [3.8, 4) is 5.75 Å². The third kappa shape index (κ3) is 3.31. The van der Waals surface area contributed by atoms with Gasteiger partial charge in [-0.1, -0.05) is 22.0 Å². The minimum Gasteiger partial charge on any atom is -0.508 e. The number of halogens is 2. The number of hydrogen-bond acceptors (Lipinski definition) is 2. The molecule has 0 spiro atoms. The smallest absolute Gasteiger partial charge is 0.147 e. The van der Waals surface area contributed by atoms with E-state index in [1.165, 1.54) is 0 Å². The number of ketones is 1. The normalized spacial score (nSPS) is 10.1. The number of carbonyl (C=O) groups excluding carboxylic acids is 1. The van der Waals surface area contributed by atoms with Crippen molar-refractivity contribution in [1.82, 2.24) is 0 Å². The molecular weight excluding hydrogens is 267 g/mol. The van der Waals surface area contributed by atoms with Gasteiger partial charge in [0.2, 0.25) is 0 Å². The summed E-state index contributed by atoms with van der Waals surface area (Å²) in [6.07, 6.45) is 0.323. The van der Waals surface area contributed by atoms with Gasteiger partial charge in [0.05, 0.1) is 5.33 Å². The second-order valence-corrected chi connectivity index (χ2v) is 3.82. The molecule has 14 heavy (non-hydrogen) atoms. The van der Waals surface area contributed by atoms with Crippen molar-refractivity contribution in [3.63, 3.8) is 0 Å². The van der Waals surface area contributed by atoms with E-state index >= 15 is 0 Å². The van der Waals surface area contributed by atoms with E-state index in [2.05, 4.69) is 15.9 Å². The number of phenolic OH excluding ortho intramolecular Hbond substituents is 1. The van der Waals surface area contributed by atoms with Crippen LogP contribution in [0.25, 0.3) is 0 Å². The molecule has 0 saturated carbocycles. The highest BCUT2D eigenvalue weighted by atomic mass is 79.9. The molecule has 1 aromatic rings. The fourth-order valence-corrected chi connectivity index (χ4v) is 1.55. The lowest BCUT2D eigenvalue weighted by molar-refractivity contribution is -0.115. The summed E-state index contributed by atoms with van der Waals surface area (Å²) in [4.78, 5) is 11.1. The minimum absolute atomic E-state index is 0.0797. The van der Waals surface area contributed by atoms with Crippen LogP contribution in [0.5, 0.6) is 5.75 Å². The maximum Gasteiger partial charge on any atom is 0.147 e. The Bertz CT molecular complexity index is 339. The van der Waals surface area contributed by atoms with Gasteiger partial charge in [-0.3, -0.25) is 4.79 Å². The predicted molar refractivity (Wildman–Crippen MR) is 60.2 cm³/mol. The van der Waals surface area contributed by atoms with E-state index < -0.39 is 0 Å². The summed E-state index contributed by atoms with van der Waals surface area (Å²) in [7, 11) is 0. The van der Waals surface area contributed by atoms with E-state index in [1.807, 2.05) is 6.07 Å². The van der Waals surface area contributed by atoms with E-state index in [4.69, 9.17) is 11.6 Å². The SMILES string of the molecule is O=C(CBr)Cc1cc(O)cc(CCl)c1. The lowest BCUT2D eigenvalue weighted by Gasteiger charge is -2.03. The lowest BCUT2D eigenvalue weighted by Crippen LogP contribution is -2.03. The molecule has 1 aromatic carbocycles. The first-order valence-corrected chi connectivity index (χ1v) is 5.76. The fraction of sp³-hybridized carbons (Fsp3) is 0.300. The molecule has 0 aliphatic rings. The van der Waals surface area contributed by atoms with Crippen molar-refractivity contribution >= 4 is 33.3 Å². The first-order valence-electron chi connectivity index (χ1n) is 4.11. The first-order chi connectivity index (χ1) is 6.65. The van der Waals surface area contributed by atoms with E-state index in [0.29, 0.717) is 17.6 Å². The van der Waals surface area contributed by atoms with E-state index in [9.17, 15) is 9.90 Å². The summed E-state index contributed by atoms with van der Waals surface area (Å²) in [6.45, 7) is 0. The average Bonchev–Trinajstić information content (AvgIpc) is 2.16. The summed E-state index contributed by atoms with van der Waals surface area (Å²) < 4.78 is 0. The van der Waals surface area contributed by atoms with Crippen molar-refractivity contribution in [2.45, 2.75) is 12.3 Å². The maximum absolute atomic E-state index is 11.1. The van der Waals surface area contributed by atoms with Gasteiger partial charge < -0.3 is 5.11 Å². The Balaban J connectivity index is 2.86. The lowest BCUT2D eigenvalue weighted by atomic mass is 10.1. The van der Waals surface area contributed by atoms with E-state index in [-0.39, 0.29) is 11.5 Å². The van der Waals surface area contributed by atoms with Crippen molar-refractivity contribution in [2.24, 2.45) is 0 Å². The van der Waals surface area contributed by atoms with Crippen LogP contribution >= 0.6 is 27.5 Å². The van der Waals surface area contributed by atoms with Crippen LogP contribution in [-0.2, 0) is 17.1 Å². The standard InChI is InChI=1S/C10H10BrClO2/c11-5-10(14)3-7-1-8(6-12)4-9(13)2-7/h1-2,4,13H,3,5-6H2. The van der Waals surface area contributed by atoms with Crippen molar-refractivity contribution in [1.29, 1.82) is 0 Å². The molecule has 0 radical (unpaired) electrons. The Labute approximate surface area is 96.0 Å². The highest BCUT2D eigenvalue weighted by Gasteiger charge is 2.04. The molecule has 0 aliphatic carbocycles. The van der Waals surface area contributed by atoms with Gasteiger partial charge in [-0.15, -0.1) is 11.6 Å². The van der Waals surface area contributed by atoms with Gasteiger partial charge in [-0.2, -0.15) is 0 Å². The quantitative estimate of drug-likeness (QED) is 0.859. The number of aromatic hydroxyl groups is 1. The molecule has 2 nitrogen and oxygen atoms in total. The molecule has 0 saturated heterocycles. The van der Waals surface area contributed by atoms with Gasteiger partial charge in [0.15, 0.2) is 0 Å². The van der Waals surface area contributed by atoms with Crippen LogP contribution in [-0.4, -0.2) is 16.2 Å². The molecule has 4 heteroatoms. The highest BCUT2D eigenvalue weighted by molar-refractivity contribution is 9.09.